The van der Waals surface area contributed by atoms with E-state index in [1.165, 1.54) is 0 Å². The minimum absolute atomic E-state index is 0. The molecule has 0 aliphatic rings. The lowest BCUT2D eigenvalue weighted by Crippen LogP contribution is -2.32. The summed E-state index contributed by atoms with van der Waals surface area (Å²) in [6.07, 6.45) is -5.08. The van der Waals surface area contributed by atoms with E-state index >= 15 is 0 Å². The van der Waals surface area contributed by atoms with Gasteiger partial charge >= 0.3 is 5.97 Å². The van der Waals surface area contributed by atoms with Gasteiger partial charge in [-0.2, -0.15) is 0 Å². The minimum atomic E-state index is -2.84. The van der Waals surface area contributed by atoms with Crippen LogP contribution in [0.2, 0.25) is 0 Å². The normalized spacial score (nSPS) is 14.8. The second kappa shape index (κ2) is 6.99. The fourth-order valence-electron chi connectivity index (χ4n) is 0.600. The molecule has 2 unspecified atom stereocenters. The molecule has 0 aromatic rings. The Labute approximate surface area is 80.1 Å². The van der Waals surface area contributed by atoms with Crippen molar-refractivity contribution in [3.05, 3.63) is 0 Å². The first-order chi connectivity index (χ1) is 5.45. The largest absolute Gasteiger partial charge is 0.480 e. The van der Waals surface area contributed by atoms with Crippen molar-refractivity contribution in [1.82, 2.24) is 0 Å². The lowest BCUT2D eigenvalue weighted by Gasteiger charge is -2.10. The van der Waals surface area contributed by atoms with E-state index in [1.807, 2.05) is 0 Å². The Bertz CT molecular complexity index is 159. The fourth-order valence-corrected chi connectivity index (χ4v) is 0.600. The van der Waals surface area contributed by atoms with E-state index in [0.717, 1.165) is 0 Å². The van der Waals surface area contributed by atoms with E-state index in [9.17, 15) is 13.6 Å². The molecule has 4 N–H and O–H groups in total. The van der Waals surface area contributed by atoms with Crippen LogP contribution in [0, 0.1) is 0 Å². The highest BCUT2D eigenvalue weighted by atomic mass is 35.5. The van der Waals surface area contributed by atoms with Crippen molar-refractivity contribution in [3.63, 3.8) is 0 Å². The third-order valence-corrected chi connectivity index (χ3v) is 1.38. The molecule has 0 rings (SSSR count). The molecule has 0 aromatic carbocycles. The summed E-state index contributed by atoms with van der Waals surface area (Å²) in [7, 11) is 0. The predicted octanol–water partition coefficient (Wildman–Crippen LogP) is 0.226. The van der Waals surface area contributed by atoms with Gasteiger partial charge in [0.25, 0.3) is 6.43 Å². The first-order valence-electron chi connectivity index (χ1n) is 3.39. The highest BCUT2D eigenvalue weighted by Crippen LogP contribution is 2.08. The van der Waals surface area contributed by atoms with Gasteiger partial charge in [0.05, 0.1) is 0 Å². The average molecular weight is 220 g/mol. The van der Waals surface area contributed by atoms with Gasteiger partial charge in [-0.05, 0) is 12.8 Å². The van der Waals surface area contributed by atoms with Crippen LogP contribution in [0.4, 0.5) is 8.78 Å². The second-order valence-corrected chi connectivity index (χ2v) is 2.42. The average Bonchev–Trinajstić information content (AvgIpc) is 1.98. The molecule has 13 heavy (non-hydrogen) atoms. The van der Waals surface area contributed by atoms with Crippen LogP contribution in [0.5, 0.6) is 0 Å². The quantitative estimate of drug-likeness (QED) is 0.618. The molecule has 80 valence electrons. The molecule has 0 bridgehead atoms. The number of carboxylic acids is 1. The number of carboxylic acid groups (broad SMARTS) is 1. The summed E-state index contributed by atoms with van der Waals surface area (Å²) in [5.41, 5.74) is 5.01. The first kappa shape index (κ1) is 15.0. The summed E-state index contributed by atoms with van der Waals surface area (Å²) in [4.78, 5) is 10.1. The number of nitrogens with two attached hydrogens (primary N) is 1. The second-order valence-electron chi connectivity index (χ2n) is 2.42. The van der Waals surface area contributed by atoms with Crippen molar-refractivity contribution in [3.8, 4) is 0 Å². The Morgan fingerprint density at radius 1 is 1.38 bits per heavy atom. The lowest BCUT2D eigenvalue weighted by molar-refractivity contribution is -0.138. The van der Waals surface area contributed by atoms with Crippen LogP contribution in [-0.4, -0.2) is 34.8 Å². The molecule has 0 saturated carbocycles. The monoisotopic (exact) mass is 219 g/mol. The summed E-state index contributed by atoms with van der Waals surface area (Å²) in [6.45, 7) is 0. The zero-order valence-corrected chi connectivity index (χ0v) is 7.51. The van der Waals surface area contributed by atoms with Gasteiger partial charge in [-0.3, -0.25) is 4.79 Å². The highest BCUT2D eigenvalue weighted by Gasteiger charge is 2.19. The first-order valence-corrected chi connectivity index (χ1v) is 3.39. The number of aliphatic hydroxyl groups excluding tert-OH is 1. The number of hydrogen-bond donors (Lipinski definition) is 3. The zero-order chi connectivity index (χ0) is 9.72. The molecule has 2 atom stereocenters. The Hall–Kier alpha value is -0.460. The maximum absolute atomic E-state index is 11.6. The van der Waals surface area contributed by atoms with Crippen LogP contribution in [-0.2, 0) is 4.79 Å². The lowest BCUT2D eigenvalue weighted by atomic mass is 10.1. The van der Waals surface area contributed by atoms with Gasteiger partial charge in [0.2, 0.25) is 0 Å². The Balaban J connectivity index is 0. The smallest absolute Gasteiger partial charge is 0.320 e. The highest BCUT2D eigenvalue weighted by molar-refractivity contribution is 5.85. The molecule has 0 aliphatic heterocycles. The summed E-state index contributed by atoms with van der Waals surface area (Å²) >= 11 is 0. The van der Waals surface area contributed by atoms with Crippen LogP contribution in [0.3, 0.4) is 0 Å². The van der Waals surface area contributed by atoms with Gasteiger partial charge in [-0.15, -0.1) is 12.4 Å². The van der Waals surface area contributed by atoms with Crippen molar-refractivity contribution in [2.45, 2.75) is 31.4 Å². The van der Waals surface area contributed by atoms with Crippen LogP contribution in [0.15, 0.2) is 0 Å². The van der Waals surface area contributed by atoms with Gasteiger partial charge in [0.15, 0.2) is 0 Å². The number of aliphatic carboxylic acids is 1. The van der Waals surface area contributed by atoms with E-state index < -0.39 is 24.5 Å². The number of carbonyl (C=O) groups is 1. The molecule has 0 aliphatic carbocycles. The van der Waals surface area contributed by atoms with Crippen molar-refractivity contribution in [2.24, 2.45) is 5.73 Å². The van der Waals surface area contributed by atoms with Crippen molar-refractivity contribution in [1.29, 1.82) is 0 Å². The van der Waals surface area contributed by atoms with Crippen LogP contribution in [0.1, 0.15) is 12.8 Å². The summed E-state index contributed by atoms with van der Waals surface area (Å²) in [5.74, 6) is -1.25. The molecule has 0 heterocycles. The summed E-state index contributed by atoms with van der Waals surface area (Å²) in [5, 5.41) is 16.8. The molecular formula is C6H12ClF2NO3. The van der Waals surface area contributed by atoms with Crippen LogP contribution < -0.4 is 5.73 Å². The van der Waals surface area contributed by atoms with Crippen LogP contribution >= 0.6 is 12.4 Å². The molecule has 0 fully saturated rings. The topological polar surface area (TPSA) is 83.5 Å². The molecule has 4 nitrogen and oxygen atoms in total. The molecular weight excluding hydrogens is 208 g/mol. The molecule has 0 spiro atoms. The van der Waals surface area contributed by atoms with Crippen molar-refractivity contribution >= 4 is 18.4 Å². The maximum atomic E-state index is 11.6. The van der Waals surface area contributed by atoms with Crippen LogP contribution in [0.25, 0.3) is 0 Å². The third-order valence-electron chi connectivity index (χ3n) is 1.38. The molecule has 0 amide bonds. The summed E-state index contributed by atoms with van der Waals surface area (Å²) in [6, 6.07) is -1.18. The Morgan fingerprint density at radius 3 is 2.15 bits per heavy atom. The van der Waals surface area contributed by atoms with E-state index in [1.54, 1.807) is 0 Å². The number of aliphatic hydroxyl groups is 1. The van der Waals surface area contributed by atoms with E-state index in [0.29, 0.717) is 0 Å². The number of alkyl halides is 2. The van der Waals surface area contributed by atoms with Crippen molar-refractivity contribution in [2.75, 3.05) is 0 Å². The van der Waals surface area contributed by atoms with E-state index in [4.69, 9.17) is 15.9 Å². The van der Waals surface area contributed by atoms with Gasteiger partial charge in [-0.25, -0.2) is 8.78 Å². The van der Waals surface area contributed by atoms with Gasteiger partial charge in [0, 0.05) is 0 Å². The predicted molar refractivity (Wildman–Crippen MR) is 44.1 cm³/mol. The Morgan fingerprint density at radius 2 is 1.85 bits per heavy atom. The standard InChI is InChI=1S/C6H11F2NO3.ClH/c7-5(8)4(10)2-1-3(9)6(11)12;/h3-5,10H,1-2,9H2,(H,11,12);1H. The van der Waals surface area contributed by atoms with Gasteiger partial charge in [0.1, 0.15) is 12.1 Å². The maximum Gasteiger partial charge on any atom is 0.320 e. The molecule has 0 saturated heterocycles. The van der Waals surface area contributed by atoms with E-state index in [-0.39, 0.29) is 25.2 Å². The SMILES string of the molecule is Cl.NC(CCC(O)C(F)F)C(=O)O. The zero-order valence-electron chi connectivity index (χ0n) is 6.69. The molecule has 7 heteroatoms. The molecule has 0 radical (unpaired) electrons. The van der Waals surface area contributed by atoms with Gasteiger partial charge < -0.3 is 15.9 Å². The van der Waals surface area contributed by atoms with Crippen molar-refractivity contribution < 1.29 is 23.8 Å². The Kier molecular flexibility index (Phi) is 8.09. The summed E-state index contributed by atoms with van der Waals surface area (Å²) < 4.78 is 23.3. The number of halogens is 3. The van der Waals surface area contributed by atoms with Gasteiger partial charge in [-0.1, -0.05) is 0 Å². The number of hydrogen-bond acceptors (Lipinski definition) is 3. The minimum Gasteiger partial charge on any atom is -0.480 e. The third kappa shape index (κ3) is 6.68. The fraction of sp³-hybridized carbons (Fsp3) is 0.833. The number of rotatable bonds is 5. The molecule has 0 aromatic heterocycles. The van der Waals surface area contributed by atoms with E-state index in [2.05, 4.69) is 0 Å².